The van der Waals surface area contributed by atoms with E-state index in [1.807, 2.05) is 0 Å². The van der Waals surface area contributed by atoms with Gasteiger partial charge in [-0.2, -0.15) is 0 Å². The minimum absolute atomic E-state index is 0.0632. The predicted octanol–water partition coefficient (Wildman–Crippen LogP) is 0.502. The Hall–Kier alpha value is -2.04. The first-order valence-corrected chi connectivity index (χ1v) is 3.81. The lowest BCUT2D eigenvalue weighted by Crippen LogP contribution is -2.10. The quantitative estimate of drug-likeness (QED) is 0.400. The number of benzene rings is 1. The van der Waals surface area contributed by atoms with Crippen LogP contribution in [0.1, 0.15) is 10.4 Å². The van der Waals surface area contributed by atoms with Gasteiger partial charge in [0.15, 0.2) is 11.5 Å². The van der Waals surface area contributed by atoms with Gasteiger partial charge in [0.05, 0.1) is 12.7 Å². The van der Waals surface area contributed by atoms with Crippen LogP contribution in [0.3, 0.4) is 0 Å². The fraction of sp³-hybridized carbons (Fsp3) is 0.111. The van der Waals surface area contributed by atoms with Crippen LogP contribution >= 0.6 is 0 Å². The van der Waals surface area contributed by atoms with Crippen LogP contribution in [0.15, 0.2) is 12.1 Å². The SMILES string of the molecule is COc1cc2c(cc1O)C(=O)C(=O)O2. The molecule has 0 bridgehead atoms. The van der Waals surface area contributed by atoms with Crippen LogP contribution in [-0.4, -0.2) is 24.0 Å². The van der Waals surface area contributed by atoms with Gasteiger partial charge in [-0.1, -0.05) is 0 Å². The van der Waals surface area contributed by atoms with E-state index in [-0.39, 0.29) is 22.8 Å². The molecule has 5 nitrogen and oxygen atoms in total. The number of rotatable bonds is 1. The predicted molar refractivity (Wildman–Crippen MR) is 44.6 cm³/mol. The number of ether oxygens (including phenoxy) is 2. The number of phenolic OH excluding ortho intramolecular Hbond substituents is 1. The summed E-state index contributed by atoms with van der Waals surface area (Å²) in [6.45, 7) is 0. The highest BCUT2D eigenvalue weighted by Gasteiger charge is 2.32. The molecule has 0 atom stereocenters. The number of carbonyl (C=O) groups is 2. The molecule has 72 valence electrons. The minimum Gasteiger partial charge on any atom is -0.504 e. The third kappa shape index (κ3) is 1.02. The van der Waals surface area contributed by atoms with Crippen molar-refractivity contribution in [2.24, 2.45) is 0 Å². The Morgan fingerprint density at radius 1 is 1.36 bits per heavy atom. The summed E-state index contributed by atoms with van der Waals surface area (Å²) in [5.41, 5.74) is 0.0632. The Balaban J connectivity index is 2.60. The van der Waals surface area contributed by atoms with E-state index in [1.165, 1.54) is 13.2 Å². The smallest absolute Gasteiger partial charge is 0.385 e. The second-order valence-corrected chi connectivity index (χ2v) is 2.74. The van der Waals surface area contributed by atoms with E-state index in [0.717, 1.165) is 6.07 Å². The van der Waals surface area contributed by atoms with Gasteiger partial charge in [-0.3, -0.25) is 4.79 Å². The van der Waals surface area contributed by atoms with Crippen molar-refractivity contribution in [2.45, 2.75) is 0 Å². The number of fused-ring (bicyclic) bond motifs is 1. The number of hydrogen-bond acceptors (Lipinski definition) is 5. The highest BCUT2D eigenvalue weighted by molar-refractivity contribution is 6.44. The van der Waals surface area contributed by atoms with E-state index in [9.17, 15) is 14.7 Å². The molecule has 0 radical (unpaired) electrons. The van der Waals surface area contributed by atoms with Crippen molar-refractivity contribution < 1.29 is 24.2 Å². The van der Waals surface area contributed by atoms with Gasteiger partial charge in [0.1, 0.15) is 5.75 Å². The van der Waals surface area contributed by atoms with Crippen LogP contribution in [0.5, 0.6) is 17.2 Å². The molecule has 0 fully saturated rings. The summed E-state index contributed by atoms with van der Waals surface area (Å²) in [5.74, 6) is -1.61. The minimum atomic E-state index is -0.937. The van der Waals surface area contributed by atoms with Gasteiger partial charge >= 0.3 is 5.97 Å². The lowest BCUT2D eigenvalue weighted by Gasteiger charge is -2.03. The summed E-state index contributed by atoms with van der Waals surface area (Å²) < 4.78 is 9.43. The normalized spacial score (nSPS) is 13.8. The fourth-order valence-electron chi connectivity index (χ4n) is 1.23. The second kappa shape index (κ2) is 2.73. The lowest BCUT2D eigenvalue weighted by atomic mass is 10.1. The number of carbonyl (C=O) groups excluding carboxylic acids is 2. The Kier molecular flexibility index (Phi) is 1.67. The number of Topliss-reactive ketones (excluding diaryl/α,β-unsaturated/α-hetero) is 1. The van der Waals surface area contributed by atoms with Crippen LogP contribution in [0, 0.1) is 0 Å². The summed E-state index contributed by atoms with van der Waals surface area (Å²) in [6, 6.07) is 2.45. The third-order valence-corrected chi connectivity index (χ3v) is 1.91. The van der Waals surface area contributed by atoms with E-state index in [1.54, 1.807) is 0 Å². The van der Waals surface area contributed by atoms with Crippen molar-refractivity contribution in [3.8, 4) is 17.2 Å². The highest BCUT2D eigenvalue weighted by Crippen LogP contribution is 2.36. The Bertz CT molecular complexity index is 435. The average Bonchev–Trinajstić information content (AvgIpc) is 2.43. The van der Waals surface area contributed by atoms with Gasteiger partial charge in [-0.15, -0.1) is 0 Å². The Morgan fingerprint density at radius 2 is 2.07 bits per heavy atom. The number of ketones is 1. The summed E-state index contributed by atoms with van der Waals surface area (Å²) in [7, 11) is 1.36. The molecular formula is C9H6O5. The van der Waals surface area contributed by atoms with Gasteiger partial charge < -0.3 is 14.6 Å². The first-order valence-electron chi connectivity index (χ1n) is 3.81. The van der Waals surface area contributed by atoms with Crippen LogP contribution in [0.25, 0.3) is 0 Å². The van der Waals surface area contributed by atoms with E-state index < -0.39 is 11.8 Å². The van der Waals surface area contributed by atoms with Crippen LogP contribution in [0.2, 0.25) is 0 Å². The molecule has 14 heavy (non-hydrogen) atoms. The zero-order chi connectivity index (χ0) is 10.3. The summed E-state index contributed by atoms with van der Waals surface area (Å²) in [5, 5.41) is 9.33. The largest absolute Gasteiger partial charge is 0.504 e. The molecule has 0 saturated carbocycles. The van der Waals surface area contributed by atoms with Gasteiger partial charge in [0.25, 0.3) is 5.78 Å². The summed E-state index contributed by atoms with van der Waals surface area (Å²) in [6.07, 6.45) is 0. The molecule has 0 amide bonds. The lowest BCUT2D eigenvalue weighted by molar-refractivity contribution is -0.128. The van der Waals surface area contributed by atoms with Crippen molar-refractivity contribution in [2.75, 3.05) is 7.11 Å². The van der Waals surface area contributed by atoms with Gasteiger partial charge in [0, 0.05) is 6.07 Å². The van der Waals surface area contributed by atoms with Crippen LogP contribution in [0.4, 0.5) is 0 Å². The molecule has 1 aliphatic heterocycles. The molecular weight excluding hydrogens is 188 g/mol. The summed E-state index contributed by atoms with van der Waals surface area (Å²) >= 11 is 0. The number of phenols is 1. The number of esters is 1. The Morgan fingerprint density at radius 3 is 2.71 bits per heavy atom. The van der Waals surface area contributed by atoms with E-state index in [4.69, 9.17) is 4.74 Å². The molecule has 1 aromatic carbocycles. The zero-order valence-electron chi connectivity index (χ0n) is 7.23. The van der Waals surface area contributed by atoms with Crippen LogP contribution in [-0.2, 0) is 4.79 Å². The van der Waals surface area contributed by atoms with Crippen molar-refractivity contribution in [1.82, 2.24) is 0 Å². The van der Waals surface area contributed by atoms with Gasteiger partial charge in [-0.25, -0.2) is 4.79 Å². The van der Waals surface area contributed by atoms with Crippen molar-refractivity contribution >= 4 is 11.8 Å². The molecule has 0 saturated heterocycles. The molecule has 0 aromatic heterocycles. The molecule has 1 heterocycles. The standard InChI is InChI=1S/C9H6O5/c1-13-7-3-6-4(2-5(7)10)8(11)9(12)14-6/h2-3,10H,1H3. The first kappa shape index (κ1) is 8.55. The molecule has 1 aromatic rings. The average molecular weight is 194 g/mol. The maximum Gasteiger partial charge on any atom is 0.385 e. The maximum atomic E-state index is 11.1. The van der Waals surface area contributed by atoms with Crippen molar-refractivity contribution in [1.29, 1.82) is 0 Å². The van der Waals surface area contributed by atoms with Crippen molar-refractivity contribution in [3.05, 3.63) is 17.7 Å². The van der Waals surface area contributed by atoms with Crippen LogP contribution < -0.4 is 9.47 Å². The molecule has 2 rings (SSSR count). The molecule has 5 heteroatoms. The zero-order valence-corrected chi connectivity index (χ0v) is 7.23. The molecule has 0 aliphatic carbocycles. The third-order valence-electron chi connectivity index (χ3n) is 1.91. The summed E-state index contributed by atoms with van der Waals surface area (Å²) in [4.78, 5) is 22.0. The van der Waals surface area contributed by atoms with Crippen molar-refractivity contribution in [3.63, 3.8) is 0 Å². The van der Waals surface area contributed by atoms with E-state index >= 15 is 0 Å². The second-order valence-electron chi connectivity index (χ2n) is 2.74. The van der Waals surface area contributed by atoms with Gasteiger partial charge in [-0.05, 0) is 6.07 Å². The van der Waals surface area contributed by atoms with E-state index in [2.05, 4.69) is 4.74 Å². The Labute approximate surface area is 78.9 Å². The maximum absolute atomic E-state index is 11.1. The van der Waals surface area contributed by atoms with Gasteiger partial charge in [0.2, 0.25) is 0 Å². The topological polar surface area (TPSA) is 72.8 Å². The fourth-order valence-corrected chi connectivity index (χ4v) is 1.23. The monoisotopic (exact) mass is 194 g/mol. The number of hydrogen-bond donors (Lipinski definition) is 1. The number of aromatic hydroxyl groups is 1. The highest BCUT2D eigenvalue weighted by atomic mass is 16.5. The molecule has 1 aliphatic rings. The van der Waals surface area contributed by atoms with E-state index in [0.29, 0.717) is 0 Å². The molecule has 0 spiro atoms. The first-order chi connectivity index (χ1) is 6.63. The molecule has 0 unspecified atom stereocenters. The number of methoxy groups -OCH3 is 1. The molecule has 1 N–H and O–H groups in total.